The first-order valence-corrected chi connectivity index (χ1v) is 8.05. The van der Waals surface area contributed by atoms with Gasteiger partial charge in [-0.1, -0.05) is 27.5 Å². The molecule has 0 bridgehead atoms. The van der Waals surface area contributed by atoms with Crippen molar-refractivity contribution in [2.75, 3.05) is 19.6 Å². The summed E-state index contributed by atoms with van der Waals surface area (Å²) < 4.78 is 0.840. The molecule has 2 aliphatic heterocycles. The number of benzene rings is 1. The molecule has 1 N–H and O–H groups in total. The summed E-state index contributed by atoms with van der Waals surface area (Å²) in [7, 11) is 0. The summed E-state index contributed by atoms with van der Waals surface area (Å²) in [6.07, 6.45) is 0. The van der Waals surface area contributed by atoms with Gasteiger partial charge in [0.15, 0.2) is 0 Å². The average Bonchev–Trinajstić information content (AvgIpc) is 2.90. The van der Waals surface area contributed by atoms with Crippen molar-refractivity contribution >= 4 is 33.4 Å². The number of hydrogen-bond acceptors (Lipinski definition) is 2. The van der Waals surface area contributed by atoms with Crippen LogP contribution in [0.3, 0.4) is 0 Å². The second-order valence-corrected chi connectivity index (χ2v) is 7.60. The number of hydrogen-bond donors (Lipinski definition) is 1. The molecule has 3 nitrogen and oxygen atoms in total. The summed E-state index contributed by atoms with van der Waals surface area (Å²) in [5.74, 6) is 1.18. The van der Waals surface area contributed by atoms with Gasteiger partial charge in [-0.15, -0.1) is 0 Å². The van der Waals surface area contributed by atoms with Crippen molar-refractivity contribution in [1.82, 2.24) is 10.2 Å². The molecule has 20 heavy (non-hydrogen) atoms. The van der Waals surface area contributed by atoms with Crippen molar-refractivity contribution in [2.45, 2.75) is 19.4 Å². The first-order chi connectivity index (χ1) is 9.39. The van der Waals surface area contributed by atoms with Crippen LogP contribution >= 0.6 is 27.5 Å². The largest absolute Gasteiger partial charge is 0.333 e. The number of nitrogens with one attached hydrogen (secondary N) is 1. The van der Waals surface area contributed by atoms with Crippen LogP contribution in [0.5, 0.6) is 0 Å². The van der Waals surface area contributed by atoms with Gasteiger partial charge < -0.3 is 10.2 Å². The minimum Gasteiger partial charge on any atom is -0.333 e. The van der Waals surface area contributed by atoms with E-state index < -0.39 is 0 Å². The van der Waals surface area contributed by atoms with Crippen molar-refractivity contribution in [3.05, 3.63) is 33.3 Å². The normalized spacial score (nSPS) is 27.7. The smallest absolute Gasteiger partial charge is 0.254 e. The van der Waals surface area contributed by atoms with Crippen LogP contribution in [0.4, 0.5) is 0 Å². The maximum atomic E-state index is 12.8. The standard InChI is InChI=1S/C15H18BrClN2O/c1-15(2)13-7-18-6-10(13)8-19(15)14(20)9-3-11(16)5-12(17)4-9/h3-5,10,13,18H,6-8H2,1-2H3. The summed E-state index contributed by atoms with van der Waals surface area (Å²) in [5, 5.41) is 4.02. The Bertz CT molecular complexity index is 541. The van der Waals surface area contributed by atoms with E-state index in [1.165, 1.54) is 0 Å². The number of likely N-dealkylation sites (tertiary alicyclic amines) is 1. The van der Waals surface area contributed by atoms with Crippen molar-refractivity contribution < 1.29 is 4.79 Å². The molecule has 0 saturated carbocycles. The monoisotopic (exact) mass is 356 g/mol. The van der Waals surface area contributed by atoms with Gasteiger partial charge in [-0.3, -0.25) is 4.79 Å². The van der Waals surface area contributed by atoms with E-state index in [1.807, 2.05) is 11.0 Å². The van der Waals surface area contributed by atoms with Gasteiger partial charge in [-0.25, -0.2) is 0 Å². The van der Waals surface area contributed by atoms with Crippen LogP contribution in [0.15, 0.2) is 22.7 Å². The third-order valence-corrected chi connectivity index (χ3v) is 5.39. The third kappa shape index (κ3) is 2.28. The summed E-state index contributed by atoms with van der Waals surface area (Å²) >= 11 is 9.46. The molecule has 2 atom stereocenters. The maximum Gasteiger partial charge on any atom is 0.254 e. The molecule has 1 aromatic rings. The van der Waals surface area contributed by atoms with Crippen molar-refractivity contribution in [1.29, 1.82) is 0 Å². The minimum absolute atomic E-state index is 0.0765. The molecule has 1 amide bonds. The molecule has 1 aromatic carbocycles. The number of halogens is 2. The van der Waals surface area contributed by atoms with Gasteiger partial charge in [0.1, 0.15) is 0 Å². The highest BCUT2D eigenvalue weighted by molar-refractivity contribution is 9.10. The Morgan fingerprint density at radius 2 is 2.15 bits per heavy atom. The highest BCUT2D eigenvalue weighted by Gasteiger charge is 2.51. The van der Waals surface area contributed by atoms with E-state index >= 15 is 0 Å². The Labute approximate surface area is 132 Å². The number of nitrogens with zero attached hydrogens (tertiary/aromatic N) is 1. The van der Waals surface area contributed by atoms with Crippen molar-refractivity contribution in [2.24, 2.45) is 11.8 Å². The van der Waals surface area contributed by atoms with E-state index in [2.05, 4.69) is 35.1 Å². The number of carbonyl (C=O) groups excluding carboxylic acids is 1. The second kappa shape index (κ2) is 5.00. The van der Waals surface area contributed by atoms with Gasteiger partial charge in [0.25, 0.3) is 5.91 Å². The topological polar surface area (TPSA) is 32.3 Å². The van der Waals surface area contributed by atoms with Crippen LogP contribution in [-0.2, 0) is 0 Å². The number of amides is 1. The first kappa shape index (κ1) is 14.4. The fourth-order valence-corrected chi connectivity index (χ4v) is 4.46. The summed E-state index contributed by atoms with van der Waals surface area (Å²) in [5.41, 5.74) is 0.547. The van der Waals surface area contributed by atoms with Crippen molar-refractivity contribution in [3.63, 3.8) is 0 Å². The van der Waals surface area contributed by atoms with Crippen molar-refractivity contribution in [3.8, 4) is 0 Å². The fourth-order valence-electron chi connectivity index (χ4n) is 3.60. The molecule has 3 rings (SSSR count). The zero-order valence-electron chi connectivity index (χ0n) is 11.6. The Kier molecular flexibility index (Phi) is 3.59. The zero-order chi connectivity index (χ0) is 14.5. The molecular formula is C15H18BrClN2O. The molecule has 2 aliphatic rings. The maximum absolute atomic E-state index is 12.8. The van der Waals surface area contributed by atoms with Crippen LogP contribution in [-0.4, -0.2) is 36.0 Å². The summed E-state index contributed by atoms with van der Waals surface area (Å²) in [6, 6.07) is 5.39. The van der Waals surface area contributed by atoms with Gasteiger partial charge in [0.2, 0.25) is 0 Å². The highest BCUT2D eigenvalue weighted by atomic mass is 79.9. The predicted molar refractivity (Wildman–Crippen MR) is 84.1 cm³/mol. The van der Waals surface area contributed by atoms with Gasteiger partial charge in [-0.2, -0.15) is 0 Å². The van der Waals surface area contributed by atoms with Gasteiger partial charge in [0, 0.05) is 40.2 Å². The van der Waals surface area contributed by atoms with E-state index in [0.717, 1.165) is 24.1 Å². The first-order valence-electron chi connectivity index (χ1n) is 6.88. The second-order valence-electron chi connectivity index (χ2n) is 6.25. The lowest BCUT2D eigenvalue weighted by Crippen LogP contribution is -2.47. The molecule has 0 radical (unpaired) electrons. The predicted octanol–water partition coefficient (Wildman–Crippen LogP) is 3.17. The van der Waals surface area contributed by atoms with Crippen LogP contribution in [0.2, 0.25) is 5.02 Å². The number of fused-ring (bicyclic) bond motifs is 1. The lowest BCUT2D eigenvalue weighted by Gasteiger charge is -2.35. The third-order valence-electron chi connectivity index (χ3n) is 4.71. The van der Waals surface area contributed by atoms with Gasteiger partial charge in [-0.05, 0) is 43.9 Å². The van der Waals surface area contributed by atoms with Crippen LogP contribution in [0, 0.1) is 11.8 Å². The van der Waals surface area contributed by atoms with Gasteiger partial charge >= 0.3 is 0 Å². The van der Waals surface area contributed by atoms with E-state index in [9.17, 15) is 4.79 Å². The molecule has 0 spiro atoms. The Morgan fingerprint density at radius 1 is 1.40 bits per heavy atom. The molecule has 0 aliphatic carbocycles. The van der Waals surface area contributed by atoms with Crippen LogP contribution < -0.4 is 5.32 Å². The SMILES string of the molecule is CC1(C)C2CNCC2CN1C(=O)c1cc(Cl)cc(Br)c1. The number of rotatable bonds is 1. The van der Waals surface area contributed by atoms with E-state index in [1.54, 1.807) is 12.1 Å². The lowest BCUT2D eigenvalue weighted by molar-refractivity contribution is 0.0603. The Morgan fingerprint density at radius 3 is 2.80 bits per heavy atom. The molecule has 2 saturated heterocycles. The minimum atomic E-state index is -0.111. The van der Waals surface area contributed by atoms with Crippen LogP contribution in [0.1, 0.15) is 24.2 Å². The molecule has 0 aromatic heterocycles. The Hall–Kier alpha value is -0.580. The lowest BCUT2D eigenvalue weighted by atomic mass is 9.84. The molecule has 5 heteroatoms. The summed E-state index contributed by atoms with van der Waals surface area (Å²) in [6.45, 7) is 7.18. The van der Waals surface area contributed by atoms with Gasteiger partial charge in [0.05, 0.1) is 0 Å². The summed E-state index contributed by atoms with van der Waals surface area (Å²) in [4.78, 5) is 14.8. The fraction of sp³-hybridized carbons (Fsp3) is 0.533. The average molecular weight is 358 g/mol. The quantitative estimate of drug-likeness (QED) is 0.837. The molecule has 2 fully saturated rings. The Balaban J connectivity index is 1.91. The molecule has 108 valence electrons. The zero-order valence-corrected chi connectivity index (χ0v) is 14.0. The molecular weight excluding hydrogens is 340 g/mol. The molecule has 2 heterocycles. The highest BCUT2D eigenvalue weighted by Crippen LogP contribution is 2.41. The van der Waals surface area contributed by atoms with E-state index in [-0.39, 0.29) is 11.4 Å². The molecule has 2 unspecified atom stereocenters. The van der Waals surface area contributed by atoms with E-state index in [0.29, 0.717) is 22.4 Å². The number of carbonyl (C=O) groups is 1. The van der Waals surface area contributed by atoms with Crippen LogP contribution in [0.25, 0.3) is 0 Å². The van der Waals surface area contributed by atoms with E-state index in [4.69, 9.17) is 11.6 Å².